The SMILES string of the molecule is CC1(C)Oc2ccc(C(C)(C)C)cc2C(N2CCCC2=O)=C1O. The summed E-state index contributed by atoms with van der Waals surface area (Å²) >= 11 is 0. The van der Waals surface area contributed by atoms with Gasteiger partial charge in [-0.3, -0.25) is 4.79 Å². The van der Waals surface area contributed by atoms with Crippen LogP contribution in [0.5, 0.6) is 5.75 Å². The number of ether oxygens (including phenoxy) is 1. The molecule has 0 aliphatic carbocycles. The van der Waals surface area contributed by atoms with Crippen LogP contribution in [-0.2, 0) is 10.2 Å². The van der Waals surface area contributed by atoms with Crippen LogP contribution in [-0.4, -0.2) is 28.1 Å². The maximum Gasteiger partial charge on any atom is 0.227 e. The van der Waals surface area contributed by atoms with E-state index in [1.54, 1.807) is 4.90 Å². The Morgan fingerprint density at radius 3 is 2.52 bits per heavy atom. The van der Waals surface area contributed by atoms with Gasteiger partial charge in [0.05, 0.1) is 5.70 Å². The molecule has 0 unspecified atom stereocenters. The molecule has 4 nitrogen and oxygen atoms in total. The van der Waals surface area contributed by atoms with Crippen LogP contribution in [0.25, 0.3) is 5.70 Å². The van der Waals surface area contributed by atoms with Gasteiger partial charge in [0.1, 0.15) is 5.75 Å². The van der Waals surface area contributed by atoms with E-state index in [1.165, 1.54) is 0 Å². The standard InChI is InChI=1S/C19H25NO3/c1-18(2,3)12-8-9-14-13(11-12)16(17(22)19(4,5)23-14)20-10-6-7-15(20)21/h8-9,11,22H,6-7,10H2,1-5H3. The van der Waals surface area contributed by atoms with Crippen molar-refractivity contribution >= 4 is 11.6 Å². The summed E-state index contributed by atoms with van der Waals surface area (Å²) < 4.78 is 5.98. The Morgan fingerprint density at radius 2 is 1.96 bits per heavy atom. The van der Waals surface area contributed by atoms with Crippen molar-refractivity contribution in [1.29, 1.82) is 0 Å². The second kappa shape index (κ2) is 5.02. The fraction of sp³-hybridized carbons (Fsp3) is 0.526. The van der Waals surface area contributed by atoms with Gasteiger partial charge < -0.3 is 14.7 Å². The Kier molecular flexibility index (Phi) is 3.47. The smallest absolute Gasteiger partial charge is 0.227 e. The molecule has 0 saturated carbocycles. The Balaban J connectivity index is 2.21. The van der Waals surface area contributed by atoms with Crippen molar-refractivity contribution in [3.05, 3.63) is 35.1 Å². The van der Waals surface area contributed by atoms with E-state index in [4.69, 9.17) is 4.74 Å². The minimum Gasteiger partial charge on any atom is -0.506 e. The van der Waals surface area contributed by atoms with Crippen molar-refractivity contribution in [2.75, 3.05) is 6.54 Å². The zero-order valence-corrected chi connectivity index (χ0v) is 14.6. The van der Waals surface area contributed by atoms with Crippen LogP contribution in [0.3, 0.4) is 0 Å². The number of likely N-dealkylation sites (tertiary alicyclic amines) is 1. The summed E-state index contributed by atoms with van der Waals surface area (Å²) in [6.45, 7) is 10.7. The molecule has 1 amide bonds. The number of nitrogens with zero attached hydrogens (tertiary/aromatic N) is 1. The van der Waals surface area contributed by atoms with Crippen molar-refractivity contribution in [2.24, 2.45) is 0 Å². The zero-order chi connectivity index (χ0) is 17.0. The van der Waals surface area contributed by atoms with Gasteiger partial charge >= 0.3 is 0 Å². The molecule has 1 fully saturated rings. The van der Waals surface area contributed by atoms with Gasteiger partial charge in [-0.2, -0.15) is 0 Å². The molecule has 3 rings (SSSR count). The normalized spacial score (nSPS) is 20.6. The van der Waals surface area contributed by atoms with E-state index in [0.717, 1.165) is 23.3 Å². The van der Waals surface area contributed by atoms with Crippen LogP contribution in [0.1, 0.15) is 58.6 Å². The molecule has 124 valence electrons. The molecule has 0 bridgehead atoms. The third-order valence-electron chi connectivity index (χ3n) is 4.60. The Hall–Kier alpha value is -1.97. The van der Waals surface area contributed by atoms with E-state index in [1.807, 2.05) is 26.0 Å². The minimum absolute atomic E-state index is 0.0161. The molecule has 2 aliphatic heterocycles. The van der Waals surface area contributed by atoms with Gasteiger partial charge in [0.2, 0.25) is 5.91 Å². The molecule has 2 aliphatic rings. The summed E-state index contributed by atoms with van der Waals surface area (Å²) in [5, 5.41) is 10.8. The van der Waals surface area contributed by atoms with Gasteiger partial charge in [0.15, 0.2) is 11.4 Å². The van der Waals surface area contributed by atoms with E-state index >= 15 is 0 Å². The van der Waals surface area contributed by atoms with Crippen molar-refractivity contribution in [3.63, 3.8) is 0 Å². The van der Waals surface area contributed by atoms with E-state index in [2.05, 4.69) is 26.8 Å². The van der Waals surface area contributed by atoms with Gasteiger partial charge in [0, 0.05) is 18.5 Å². The fourth-order valence-corrected chi connectivity index (χ4v) is 3.16. The first kappa shape index (κ1) is 15.9. The number of hydrogen-bond acceptors (Lipinski definition) is 3. The van der Waals surface area contributed by atoms with Gasteiger partial charge in [-0.1, -0.05) is 26.8 Å². The van der Waals surface area contributed by atoms with Crippen LogP contribution in [0.2, 0.25) is 0 Å². The van der Waals surface area contributed by atoms with Crippen molar-refractivity contribution in [1.82, 2.24) is 4.90 Å². The highest BCUT2D eigenvalue weighted by Crippen LogP contribution is 2.44. The number of amides is 1. The van der Waals surface area contributed by atoms with Crippen LogP contribution >= 0.6 is 0 Å². The number of fused-ring (bicyclic) bond motifs is 1. The zero-order valence-electron chi connectivity index (χ0n) is 14.6. The van der Waals surface area contributed by atoms with E-state index in [9.17, 15) is 9.90 Å². The lowest BCUT2D eigenvalue weighted by Gasteiger charge is -2.37. The van der Waals surface area contributed by atoms with E-state index in [-0.39, 0.29) is 17.1 Å². The summed E-state index contributed by atoms with van der Waals surface area (Å²) in [5.74, 6) is 0.915. The Bertz CT molecular complexity index is 695. The van der Waals surface area contributed by atoms with E-state index in [0.29, 0.717) is 18.7 Å². The summed E-state index contributed by atoms with van der Waals surface area (Å²) in [6.07, 6.45) is 1.36. The lowest BCUT2D eigenvalue weighted by molar-refractivity contribution is -0.125. The summed E-state index contributed by atoms with van der Waals surface area (Å²) in [7, 11) is 0. The van der Waals surface area contributed by atoms with Crippen LogP contribution in [0.15, 0.2) is 24.0 Å². The molecule has 23 heavy (non-hydrogen) atoms. The van der Waals surface area contributed by atoms with Gasteiger partial charge in [-0.15, -0.1) is 0 Å². The number of benzene rings is 1. The molecule has 4 heteroatoms. The molecular formula is C19H25NO3. The van der Waals surface area contributed by atoms with E-state index < -0.39 is 5.60 Å². The molecule has 1 aromatic carbocycles. The molecule has 1 aromatic rings. The fourth-order valence-electron chi connectivity index (χ4n) is 3.16. The second-order valence-corrected chi connectivity index (χ2v) is 7.92. The number of aliphatic hydroxyl groups excluding tert-OH is 1. The van der Waals surface area contributed by atoms with Gasteiger partial charge in [-0.05, 0) is 43.4 Å². The number of rotatable bonds is 1. The molecule has 0 aromatic heterocycles. The predicted octanol–water partition coefficient (Wildman–Crippen LogP) is 4.00. The van der Waals surface area contributed by atoms with Crippen molar-refractivity contribution < 1.29 is 14.6 Å². The monoisotopic (exact) mass is 315 g/mol. The average molecular weight is 315 g/mol. The highest BCUT2D eigenvalue weighted by atomic mass is 16.5. The van der Waals surface area contributed by atoms with Gasteiger partial charge in [0.25, 0.3) is 0 Å². The topological polar surface area (TPSA) is 49.8 Å². The molecular weight excluding hydrogens is 290 g/mol. The van der Waals surface area contributed by atoms with Crippen LogP contribution in [0.4, 0.5) is 0 Å². The number of carbonyl (C=O) groups is 1. The van der Waals surface area contributed by atoms with Crippen LogP contribution in [0, 0.1) is 0 Å². The average Bonchev–Trinajstić information content (AvgIpc) is 2.84. The summed E-state index contributed by atoms with van der Waals surface area (Å²) in [4.78, 5) is 14.0. The summed E-state index contributed by atoms with van der Waals surface area (Å²) in [5.41, 5.74) is 1.72. The molecule has 1 saturated heterocycles. The first-order valence-electron chi connectivity index (χ1n) is 8.19. The number of carbonyl (C=O) groups excluding carboxylic acids is 1. The Labute approximate surface area is 137 Å². The molecule has 2 heterocycles. The quantitative estimate of drug-likeness (QED) is 0.852. The molecule has 1 N–H and O–H groups in total. The lowest BCUT2D eigenvalue weighted by atomic mass is 9.84. The molecule has 0 radical (unpaired) electrons. The maximum atomic E-state index is 12.3. The highest BCUT2D eigenvalue weighted by molar-refractivity contribution is 5.91. The first-order chi connectivity index (χ1) is 10.6. The third-order valence-corrected chi connectivity index (χ3v) is 4.60. The first-order valence-corrected chi connectivity index (χ1v) is 8.19. The Morgan fingerprint density at radius 1 is 1.26 bits per heavy atom. The highest BCUT2D eigenvalue weighted by Gasteiger charge is 2.40. The largest absolute Gasteiger partial charge is 0.506 e. The summed E-state index contributed by atoms with van der Waals surface area (Å²) in [6, 6.07) is 6.05. The maximum absolute atomic E-state index is 12.3. The second-order valence-electron chi connectivity index (χ2n) is 7.92. The number of aliphatic hydroxyl groups is 1. The number of hydrogen-bond donors (Lipinski definition) is 1. The molecule has 0 atom stereocenters. The van der Waals surface area contributed by atoms with Crippen molar-refractivity contribution in [3.8, 4) is 5.75 Å². The molecule has 0 spiro atoms. The van der Waals surface area contributed by atoms with Crippen molar-refractivity contribution in [2.45, 2.75) is 58.5 Å². The van der Waals surface area contributed by atoms with Crippen LogP contribution < -0.4 is 4.74 Å². The predicted molar refractivity (Wildman–Crippen MR) is 90.3 cm³/mol. The minimum atomic E-state index is -0.839. The third kappa shape index (κ3) is 2.60. The van der Waals surface area contributed by atoms with Gasteiger partial charge in [-0.25, -0.2) is 0 Å². The lowest BCUT2D eigenvalue weighted by Crippen LogP contribution is -2.39.